The van der Waals surface area contributed by atoms with E-state index in [1.807, 2.05) is 47.9 Å². The largest absolute Gasteiger partial charge is 0.454 e. The SMILES string of the molecule is Cc1c(-c2cccc(NC(=O)Nc3ccc4c(c3)OCO4)c2)nc2ncccn12. The van der Waals surface area contributed by atoms with E-state index in [4.69, 9.17) is 9.47 Å². The van der Waals surface area contributed by atoms with E-state index in [0.717, 1.165) is 17.0 Å². The number of carbonyl (C=O) groups excluding carboxylic acids is 1. The number of aryl methyl sites for hydroxylation is 1. The van der Waals surface area contributed by atoms with Crippen molar-refractivity contribution >= 4 is 23.2 Å². The normalized spacial score (nSPS) is 12.2. The molecule has 4 aromatic rings. The average molecular weight is 387 g/mol. The number of rotatable bonds is 3. The highest BCUT2D eigenvalue weighted by molar-refractivity contribution is 6.00. The zero-order valence-electron chi connectivity index (χ0n) is 15.5. The van der Waals surface area contributed by atoms with Gasteiger partial charge in [-0.25, -0.2) is 14.8 Å². The van der Waals surface area contributed by atoms with Gasteiger partial charge >= 0.3 is 6.03 Å². The first-order valence-corrected chi connectivity index (χ1v) is 9.05. The van der Waals surface area contributed by atoms with Crippen LogP contribution in [-0.2, 0) is 0 Å². The predicted molar refractivity (Wildman–Crippen MR) is 108 cm³/mol. The van der Waals surface area contributed by atoms with Gasteiger partial charge in [0.15, 0.2) is 11.5 Å². The first-order chi connectivity index (χ1) is 14.2. The summed E-state index contributed by atoms with van der Waals surface area (Å²) in [7, 11) is 0. The molecule has 0 saturated heterocycles. The second-order valence-electron chi connectivity index (χ2n) is 6.56. The van der Waals surface area contributed by atoms with Crippen molar-refractivity contribution in [2.45, 2.75) is 6.92 Å². The fourth-order valence-electron chi connectivity index (χ4n) is 3.29. The standard InChI is InChI=1S/C21H17N5O3/c1-13-19(25-20-22-8-3-9-26(13)20)14-4-2-5-15(10-14)23-21(27)24-16-6-7-17-18(11-16)29-12-28-17/h2-11H,12H2,1H3,(H2,23,24,27). The maximum absolute atomic E-state index is 12.4. The molecule has 0 atom stereocenters. The average Bonchev–Trinajstić information content (AvgIpc) is 3.32. The third-order valence-electron chi connectivity index (χ3n) is 4.67. The Kier molecular flexibility index (Phi) is 4.02. The summed E-state index contributed by atoms with van der Waals surface area (Å²) in [6.45, 7) is 2.18. The minimum atomic E-state index is -0.352. The fourth-order valence-corrected chi connectivity index (χ4v) is 3.29. The Labute approximate surface area is 166 Å². The summed E-state index contributed by atoms with van der Waals surface area (Å²) >= 11 is 0. The van der Waals surface area contributed by atoms with E-state index < -0.39 is 0 Å². The Morgan fingerprint density at radius 2 is 1.86 bits per heavy atom. The number of nitrogens with one attached hydrogen (secondary N) is 2. The van der Waals surface area contributed by atoms with Crippen molar-refractivity contribution < 1.29 is 14.3 Å². The highest BCUT2D eigenvalue weighted by Crippen LogP contribution is 2.34. The van der Waals surface area contributed by atoms with Crippen LogP contribution in [0.3, 0.4) is 0 Å². The van der Waals surface area contributed by atoms with Crippen LogP contribution < -0.4 is 20.1 Å². The molecule has 0 aliphatic carbocycles. The zero-order valence-corrected chi connectivity index (χ0v) is 15.5. The monoisotopic (exact) mass is 387 g/mol. The second kappa shape index (κ2) is 6.83. The third kappa shape index (κ3) is 3.20. The number of anilines is 2. The van der Waals surface area contributed by atoms with E-state index in [-0.39, 0.29) is 12.8 Å². The van der Waals surface area contributed by atoms with Gasteiger partial charge in [0.2, 0.25) is 12.6 Å². The number of hydrogen-bond acceptors (Lipinski definition) is 5. The lowest BCUT2D eigenvalue weighted by Crippen LogP contribution is -2.19. The minimum absolute atomic E-state index is 0.190. The summed E-state index contributed by atoms with van der Waals surface area (Å²) in [6, 6.07) is 14.3. The number of amides is 2. The van der Waals surface area contributed by atoms with Gasteiger partial charge in [-0.2, -0.15) is 0 Å². The molecule has 29 heavy (non-hydrogen) atoms. The molecule has 2 aromatic carbocycles. The molecule has 2 aromatic heterocycles. The van der Waals surface area contributed by atoms with Crippen LogP contribution in [0.4, 0.5) is 16.2 Å². The van der Waals surface area contributed by atoms with Gasteiger partial charge in [-0.1, -0.05) is 12.1 Å². The quantitative estimate of drug-likeness (QED) is 0.553. The Morgan fingerprint density at radius 1 is 1.03 bits per heavy atom. The van der Waals surface area contributed by atoms with E-state index >= 15 is 0 Å². The van der Waals surface area contributed by atoms with Gasteiger partial charge in [0.25, 0.3) is 0 Å². The van der Waals surface area contributed by atoms with Crippen LogP contribution >= 0.6 is 0 Å². The van der Waals surface area contributed by atoms with Crippen LogP contribution in [0.25, 0.3) is 17.0 Å². The third-order valence-corrected chi connectivity index (χ3v) is 4.67. The number of fused-ring (bicyclic) bond motifs is 2. The van der Waals surface area contributed by atoms with Crippen LogP contribution in [0.1, 0.15) is 5.69 Å². The fraction of sp³-hybridized carbons (Fsp3) is 0.0952. The number of aromatic nitrogens is 3. The number of imidazole rings is 1. The lowest BCUT2D eigenvalue weighted by molar-refractivity contribution is 0.174. The van der Waals surface area contributed by atoms with Crippen LogP contribution in [0.2, 0.25) is 0 Å². The molecule has 0 bridgehead atoms. The van der Waals surface area contributed by atoms with E-state index in [2.05, 4.69) is 20.6 Å². The van der Waals surface area contributed by atoms with Crippen molar-refractivity contribution in [3.63, 3.8) is 0 Å². The molecule has 5 rings (SSSR count). The predicted octanol–water partition coefficient (Wildman–Crippen LogP) is 4.08. The molecule has 2 amide bonds. The van der Waals surface area contributed by atoms with Crippen molar-refractivity contribution in [3.8, 4) is 22.8 Å². The summed E-state index contributed by atoms with van der Waals surface area (Å²) < 4.78 is 12.5. The van der Waals surface area contributed by atoms with E-state index in [0.29, 0.717) is 28.7 Å². The Balaban J connectivity index is 1.35. The van der Waals surface area contributed by atoms with Crippen LogP contribution in [0.5, 0.6) is 11.5 Å². The van der Waals surface area contributed by atoms with Crippen molar-refractivity contribution in [2.75, 3.05) is 17.4 Å². The number of ether oxygens (including phenoxy) is 2. The Hall–Kier alpha value is -4.07. The molecular weight excluding hydrogens is 370 g/mol. The molecule has 8 heteroatoms. The maximum atomic E-state index is 12.4. The molecule has 144 valence electrons. The summed E-state index contributed by atoms with van der Waals surface area (Å²) in [6.07, 6.45) is 3.64. The first-order valence-electron chi connectivity index (χ1n) is 9.05. The van der Waals surface area contributed by atoms with E-state index in [1.54, 1.807) is 24.4 Å². The maximum Gasteiger partial charge on any atom is 0.323 e. The van der Waals surface area contributed by atoms with Gasteiger partial charge < -0.3 is 20.1 Å². The summed E-state index contributed by atoms with van der Waals surface area (Å²) in [5.41, 5.74) is 3.97. The van der Waals surface area contributed by atoms with Crippen molar-refractivity contribution in [2.24, 2.45) is 0 Å². The Bertz CT molecular complexity index is 1230. The van der Waals surface area contributed by atoms with Crippen molar-refractivity contribution in [3.05, 3.63) is 66.6 Å². The molecule has 2 N–H and O–H groups in total. The number of urea groups is 1. The minimum Gasteiger partial charge on any atom is -0.454 e. The number of nitrogens with zero attached hydrogens (tertiary/aromatic N) is 3. The molecule has 0 unspecified atom stereocenters. The molecule has 0 fully saturated rings. The highest BCUT2D eigenvalue weighted by atomic mass is 16.7. The number of benzene rings is 2. The summed E-state index contributed by atoms with van der Waals surface area (Å²) in [5.74, 6) is 1.92. The van der Waals surface area contributed by atoms with Crippen LogP contribution in [0, 0.1) is 6.92 Å². The van der Waals surface area contributed by atoms with Gasteiger partial charge in [-0.05, 0) is 37.3 Å². The van der Waals surface area contributed by atoms with Crippen LogP contribution in [-0.4, -0.2) is 27.2 Å². The number of carbonyl (C=O) groups is 1. The Morgan fingerprint density at radius 3 is 2.72 bits per heavy atom. The van der Waals surface area contributed by atoms with Crippen LogP contribution in [0.15, 0.2) is 60.9 Å². The van der Waals surface area contributed by atoms with Gasteiger partial charge in [0, 0.05) is 41.1 Å². The second-order valence-corrected chi connectivity index (χ2v) is 6.56. The molecule has 8 nitrogen and oxygen atoms in total. The lowest BCUT2D eigenvalue weighted by atomic mass is 10.1. The van der Waals surface area contributed by atoms with Gasteiger partial charge in [-0.3, -0.25) is 4.40 Å². The van der Waals surface area contributed by atoms with Crippen molar-refractivity contribution in [1.82, 2.24) is 14.4 Å². The molecule has 1 aliphatic rings. The molecule has 3 heterocycles. The summed E-state index contributed by atoms with van der Waals surface area (Å²) in [5, 5.41) is 5.65. The van der Waals surface area contributed by atoms with E-state index in [1.165, 1.54) is 0 Å². The first kappa shape index (κ1) is 17.1. The van der Waals surface area contributed by atoms with Gasteiger partial charge in [0.05, 0.1) is 5.69 Å². The molecule has 0 spiro atoms. The van der Waals surface area contributed by atoms with Crippen molar-refractivity contribution in [1.29, 1.82) is 0 Å². The molecule has 0 saturated carbocycles. The summed E-state index contributed by atoms with van der Waals surface area (Å²) in [4.78, 5) is 21.3. The smallest absolute Gasteiger partial charge is 0.323 e. The topological polar surface area (TPSA) is 89.8 Å². The van der Waals surface area contributed by atoms with Gasteiger partial charge in [0.1, 0.15) is 0 Å². The molecular formula is C21H17N5O3. The molecule has 1 aliphatic heterocycles. The molecule has 0 radical (unpaired) electrons. The van der Waals surface area contributed by atoms with E-state index in [9.17, 15) is 4.79 Å². The number of hydrogen-bond donors (Lipinski definition) is 2. The van der Waals surface area contributed by atoms with Gasteiger partial charge in [-0.15, -0.1) is 0 Å². The zero-order chi connectivity index (χ0) is 19.8. The lowest BCUT2D eigenvalue weighted by Gasteiger charge is -2.09. The highest BCUT2D eigenvalue weighted by Gasteiger charge is 2.15.